The van der Waals surface area contributed by atoms with Crippen LogP contribution in [-0.2, 0) is 16.1 Å². The van der Waals surface area contributed by atoms with Gasteiger partial charge in [-0.05, 0) is 18.6 Å². The molecule has 1 aromatic carbocycles. The molecule has 1 atom stereocenters. The number of halogens is 1. The number of hydrogen-bond acceptors (Lipinski definition) is 4. The fraction of sp³-hybridized carbons (Fsp3) is 0.400. The number of carbonyl (C=O) groups is 3. The minimum absolute atomic E-state index is 0.168. The lowest BCUT2D eigenvalue weighted by Gasteiger charge is -2.29. The van der Waals surface area contributed by atoms with E-state index in [2.05, 4.69) is 10.6 Å². The summed E-state index contributed by atoms with van der Waals surface area (Å²) in [6, 6.07) is 4.88. The molecule has 7 heteroatoms. The van der Waals surface area contributed by atoms with Gasteiger partial charge in [0.25, 0.3) is 5.91 Å². The van der Waals surface area contributed by atoms with Crippen molar-refractivity contribution in [3.8, 4) is 0 Å². The number of hydrogen-bond donors (Lipinski definition) is 2. The molecule has 0 radical (unpaired) electrons. The Balaban J connectivity index is 1.84. The molecule has 0 saturated carbocycles. The van der Waals surface area contributed by atoms with Crippen molar-refractivity contribution in [2.45, 2.75) is 25.4 Å². The monoisotopic (exact) mass is 321 g/mol. The van der Waals surface area contributed by atoms with E-state index in [-0.39, 0.29) is 18.2 Å². The molecule has 2 aliphatic rings. The van der Waals surface area contributed by atoms with E-state index in [0.29, 0.717) is 31.0 Å². The van der Waals surface area contributed by atoms with Gasteiger partial charge >= 0.3 is 0 Å². The second kappa shape index (κ2) is 5.96. The number of carbonyl (C=O) groups excluding carboxylic acids is 3. The van der Waals surface area contributed by atoms with Crippen LogP contribution in [0.4, 0.5) is 5.69 Å². The molecular formula is C15H16ClN3O3. The van der Waals surface area contributed by atoms with Gasteiger partial charge in [-0.3, -0.25) is 19.7 Å². The molecule has 1 unspecified atom stereocenters. The first kappa shape index (κ1) is 14.8. The molecule has 1 fully saturated rings. The molecule has 0 aliphatic carbocycles. The molecular weight excluding hydrogens is 306 g/mol. The standard InChI is InChI=1S/C15H16ClN3O3/c16-6-7-17-11-3-1-2-9-10(11)8-19(15(9)22)12-4-5-13(20)18-14(12)21/h1-3,12,17H,4-8H2,(H,18,20,21). The predicted molar refractivity (Wildman–Crippen MR) is 81.7 cm³/mol. The van der Waals surface area contributed by atoms with Gasteiger partial charge in [0, 0.05) is 42.2 Å². The van der Waals surface area contributed by atoms with E-state index >= 15 is 0 Å². The van der Waals surface area contributed by atoms with E-state index in [0.717, 1.165) is 11.3 Å². The first-order chi connectivity index (χ1) is 10.6. The molecule has 0 spiro atoms. The highest BCUT2D eigenvalue weighted by molar-refractivity contribution is 6.18. The minimum atomic E-state index is -0.585. The third-order valence-corrected chi connectivity index (χ3v) is 4.18. The van der Waals surface area contributed by atoms with E-state index in [1.807, 2.05) is 6.07 Å². The number of nitrogens with zero attached hydrogens (tertiary/aromatic N) is 1. The molecule has 6 nitrogen and oxygen atoms in total. The number of nitrogens with one attached hydrogen (secondary N) is 2. The van der Waals surface area contributed by atoms with Crippen molar-refractivity contribution in [2.75, 3.05) is 17.7 Å². The van der Waals surface area contributed by atoms with Crippen LogP contribution in [0.2, 0.25) is 0 Å². The Morgan fingerprint density at radius 1 is 1.32 bits per heavy atom. The van der Waals surface area contributed by atoms with Crippen molar-refractivity contribution in [3.05, 3.63) is 29.3 Å². The minimum Gasteiger partial charge on any atom is -0.384 e. The summed E-state index contributed by atoms with van der Waals surface area (Å²) in [5.41, 5.74) is 2.34. The first-order valence-electron chi connectivity index (χ1n) is 7.18. The fourth-order valence-electron chi connectivity index (χ4n) is 2.93. The van der Waals surface area contributed by atoms with E-state index in [1.165, 1.54) is 4.90 Å². The van der Waals surface area contributed by atoms with Crippen LogP contribution in [0.5, 0.6) is 0 Å². The van der Waals surface area contributed by atoms with Crippen LogP contribution < -0.4 is 10.6 Å². The second-order valence-corrected chi connectivity index (χ2v) is 5.73. The van der Waals surface area contributed by atoms with Crippen molar-refractivity contribution in [1.82, 2.24) is 10.2 Å². The number of benzene rings is 1. The highest BCUT2D eigenvalue weighted by atomic mass is 35.5. The summed E-state index contributed by atoms with van der Waals surface area (Å²) in [4.78, 5) is 37.3. The van der Waals surface area contributed by atoms with Gasteiger partial charge in [0.05, 0.1) is 0 Å². The second-order valence-electron chi connectivity index (χ2n) is 5.35. The molecule has 116 valence electrons. The lowest BCUT2D eigenvalue weighted by atomic mass is 10.0. The lowest BCUT2D eigenvalue weighted by molar-refractivity contribution is -0.136. The van der Waals surface area contributed by atoms with E-state index in [1.54, 1.807) is 12.1 Å². The third-order valence-electron chi connectivity index (χ3n) is 3.99. The Morgan fingerprint density at radius 3 is 2.86 bits per heavy atom. The van der Waals surface area contributed by atoms with Crippen LogP contribution in [0.25, 0.3) is 0 Å². The quantitative estimate of drug-likeness (QED) is 0.643. The van der Waals surface area contributed by atoms with E-state index < -0.39 is 11.9 Å². The van der Waals surface area contributed by atoms with E-state index in [9.17, 15) is 14.4 Å². The van der Waals surface area contributed by atoms with Crippen LogP contribution in [0, 0.1) is 0 Å². The van der Waals surface area contributed by atoms with Gasteiger partial charge in [0.1, 0.15) is 6.04 Å². The number of fused-ring (bicyclic) bond motifs is 1. The van der Waals surface area contributed by atoms with Gasteiger partial charge < -0.3 is 10.2 Å². The number of amides is 3. The summed E-state index contributed by atoms with van der Waals surface area (Å²) in [7, 11) is 0. The summed E-state index contributed by atoms with van der Waals surface area (Å²) in [5, 5.41) is 5.49. The van der Waals surface area contributed by atoms with Crippen molar-refractivity contribution in [2.24, 2.45) is 0 Å². The van der Waals surface area contributed by atoms with E-state index in [4.69, 9.17) is 11.6 Å². The number of rotatable bonds is 4. The number of alkyl halides is 1. The molecule has 2 heterocycles. The Bertz CT molecular complexity index is 647. The highest BCUT2D eigenvalue weighted by Crippen LogP contribution is 2.32. The van der Waals surface area contributed by atoms with Crippen LogP contribution in [-0.4, -0.2) is 41.1 Å². The summed E-state index contributed by atoms with van der Waals surface area (Å²) >= 11 is 5.69. The molecule has 1 aromatic rings. The van der Waals surface area contributed by atoms with Crippen molar-refractivity contribution >= 4 is 35.0 Å². The smallest absolute Gasteiger partial charge is 0.255 e. The summed E-state index contributed by atoms with van der Waals surface area (Å²) in [6.45, 7) is 0.969. The van der Waals surface area contributed by atoms with Gasteiger partial charge in [-0.1, -0.05) is 6.07 Å². The van der Waals surface area contributed by atoms with Crippen molar-refractivity contribution in [1.29, 1.82) is 0 Å². The Hall–Kier alpha value is -2.08. The zero-order valence-corrected chi connectivity index (χ0v) is 12.7. The van der Waals surface area contributed by atoms with Crippen LogP contribution >= 0.6 is 11.6 Å². The maximum absolute atomic E-state index is 12.6. The molecule has 1 saturated heterocycles. The highest BCUT2D eigenvalue weighted by Gasteiger charge is 2.39. The zero-order chi connectivity index (χ0) is 15.7. The first-order valence-corrected chi connectivity index (χ1v) is 7.71. The summed E-state index contributed by atoms with van der Waals surface area (Å²) in [5.74, 6) is -0.379. The van der Waals surface area contributed by atoms with Gasteiger partial charge in [-0.2, -0.15) is 0 Å². The molecule has 2 aliphatic heterocycles. The third kappa shape index (κ3) is 2.54. The Kier molecular flexibility index (Phi) is 4.02. The number of anilines is 1. The SMILES string of the molecule is O=C1CCC(N2Cc3c(NCCCl)cccc3C2=O)C(=O)N1. The van der Waals surface area contributed by atoms with Crippen molar-refractivity contribution in [3.63, 3.8) is 0 Å². The maximum Gasteiger partial charge on any atom is 0.255 e. The average Bonchev–Trinajstić information content (AvgIpc) is 2.83. The number of imide groups is 1. The Labute approximate surface area is 132 Å². The zero-order valence-electron chi connectivity index (χ0n) is 11.9. The average molecular weight is 322 g/mol. The van der Waals surface area contributed by atoms with Gasteiger partial charge in [0.15, 0.2) is 0 Å². The number of piperidine rings is 1. The normalized spacial score (nSPS) is 20.9. The lowest BCUT2D eigenvalue weighted by Crippen LogP contribution is -2.52. The van der Waals surface area contributed by atoms with Crippen molar-refractivity contribution < 1.29 is 14.4 Å². The van der Waals surface area contributed by atoms with Crippen LogP contribution in [0.1, 0.15) is 28.8 Å². The molecule has 22 heavy (non-hydrogen) atoms. The topological polar surface area (TPSA) is 78.5 Å². The maximum atomic E-state index is 12.6. The molecule has 0 aromatic heterocycles. The molecule has 3 amide bonds. The summed E-state index contributed by atoms with van der Waals surface area (Å²) < 4.78 is 0. The largest absolute Gasteiger partial charge is 0.384 e. The van der Waals surface area contributed by atoms with Gasteiger partial charge in [-0.15, -0.1) is 11.6 Å². The molecule has 2 N–H and O–H groups in total. The van der Waals surface area contributed by atoms with Crippen LogP contribution in [0.15, 0.2) is 18.2 Å². The molecule has 0 bridgehead atoms. The van der Waals surface area contributed by atoms with Gasteiger partial charge in [-0.25, -0.2) is 0 Å². The predicted octanol–water partition coefficient (Wildman–Crippen LogP) is 1.10. The Morgan fingerprint density at radius 2 is 2.14 bits per heavy atom. The molecule has 3 rings (SSSR count). The van der Waals surface area contributed by atoms with Crippen LogP contribution in [0.3, 0.4) is 0 Å². The summed E-state index contributed by atoms with van der Waals surface area (Å²) in [6.07, 6.45) is 0.628. The fourth-order valence-corrected chi connectivity index (χ4v) is 3.03. The van der Waals surface area contributed by atoms with Gasteiger partial charge in [0.2, 0.25) is 11.8 Å².